The number of benzene rings is 2. The summed E-state index contributed by atoms with van der Waals surface area (Å²) >= 11 is 0. The number of carbonyl (C=O) groups excluding carboxylic acids is 1. The molecule has 154 valence electrons. The third-order valence-corrected chi connectivity index (χ3v) is 4.38. The van der Waals surface area contributed by atoms with E-state index < -0.39 is 0 Å². The molecule has 2 rings (SSSR count). The van der Waals surface area contributed by atoms with E-state index in [1.807, 2.05) is 31.2 Å². The fourth-order valence-electron chi connectivity index (χ4n) is 2.66. The third-order valence-electron chi connectivity index (χ3n) is 4.38. The summed E-state index contributed by atoms with van der Waals surface area (Å²) in [5, 5.41) is 10.4. The van der Waals surface area contributed by atoms with Crippen molar-refractivity contribution < 1.29 is 14.6 Å². The molecular weight excluding hydrogens is 352 g/mol. The van der Waals surface area contributed by atoms with Crippen LogP contribution < -0.4 is 16.0 Å². The van der Waals surface area contributed by atoms with Crippen LogP contribution in [0, 0.1) is 6.92 Å². The van der Waals surface area contributed by atoms with Crippen molar-refractivity contribution in [2.45, 2.75) is 59.3 Å². The Balaban J connectivity index is 0.000000307. The highest BCUT2D eigenvalue weighted by atomic mass is 16.5. The van der Waals surface area contributed by atoms with E-state index >= 15 is 0 Å². The number of hydrogen-bond acceptors (Lipinski definition) is 4. The molecule has 28 heavy (non-hydrogen) atoms. The molecule has 0 heterocycles. The van der Waals surface area contributed by atoms with Gasteiger partial charge in [-0.1, -0.05) is 59.2 Å². The van der Waals surface area contributed by atoms with Gasteiger partial charge in [0.25, 0.3) is 5.91 Å². The van der Waals surface area contributed by atoms with E-state index in [0.29, 0.717) is 11.3 Å². The largest absolute Gasteiger partial charge is 0.507 e. The average molecular weight is 387 g/mol. The van der Waals surface area contributed by atoms with Gasteiger partial charge in [0.05, 0.1) is 7.11 Å². The van der Waals surface area contributed by atoms with Crippen LogP contribution in [0.5, 0.6) is 11.5 Å². The molecule has 0 saturated carbocycles. The first-order chi connectivity index (χ1) is 12.8. The van der Waals surface area contributed by atoms with E-state index in [-0.39, 0.29) is 16.7 Å². The smallest absolute Gasteiger partial charge is 0.265 e. The average Bonchev–Trinajstić information content (AvgIpc) is 2.60. The second-order valence-electron chi connectivity index (χ2n) is 8.91. The van der Waals surface area contributed by atoms with Gasteiger partial charge in [-0.3, -0.25) is 10.2 Å². The van der Waals surface area contributed by atoms with E-state index in [0.717, 1.165) is 22.4 Å². The van der Waals surface area contributed by atoms with Gasteiger partial charge in [0.15, 0.2) is 0 Å². The van der Waals surface area contributed by atoms with Gasteiger partial charge in [-0.2, -0.15) is 0 Å². The van der Waals surface area contributed by atoms with Crippen LogP contribution in [0.3, 0.4) is 0 Å². The summed E-state index contributed by atoms with van der Waals surface area (Å²) in [5.74, 6) is 5.88. The fourth-order valence-corrected chi connectivity index (χ4v) is 2.66. The van der Waals surface area contributed by atoms with Gasteiger partial charge in [0.2, 0.25) is 0 Å². The minimum Gasteiger partial charge on any atom is -0.507 e. The van der Waals surface area contributed by atoms with Gasteiger partial charge in [-0.05, 0) is 42.0 Å². The first-order valence-electron chi connectivity index (χ1n) is 9.30. The number of aromatic hydroxyl groups is 1. The number of aryl methyl sites for hydroxylation is 1. The number of methoxy groups -OCH3 is 1. The van der Waals surface area contributed by atoms with Gasteiger partial charge >= 0.3 is 0 Å². The topological polar surface area (TPSA) is 84.6 Å². The molecule has 2 aromatic carbocycles. The van der Waals surface area contributed by atoms with Crippen molar-refractivity contribution in [1.29, 1.82) is 0 Å². The lowest BCUT2D eigenvalue weighted by molar-refractivity contribution is 0.0953. The second-order valence-corrected chi connectivity index (χ2v) is 8.91. The van der Waals surface area contributed by atoms with Crippen molar-refractivity contribution in [3.05, 3.63) is 58.7 Å². The molecule has 0 bridgehead atoms. The zero-order valence-corrected chi connectivity index (χ0v) is 18.3. The number of amides is 1. The van der Waals surface area contributed by atoms with Crippen molar-refractivity contribution >= 4 is 5.91 Å². The Morgan fingerprint density at radius 3 is 1.71 bits per heavy atom. The molecule has 0 aliphatic carbocycles. The zero-order valence-electron chi connectivity index (χ0n) is 18.3. The van der Waals surface area contributed by atoms with Crippen molar-refractivity contribution in [2.75, 3.05) is 7.11 Å². The lowest BCUT2D eigenvalue weighted by Crippen LogP contribution is -2.29. The number of nitrogen functional groups attached to an aromatic ring is 1. The summed E-state index contributed by atoms with van der Waals surface area (Å²) < 4.78 is 5.33. The van der Waals surface area contributed by atoms with Crippen LogP contribution in [-0.2, 0) is 10.8 Å². The standard InChI is InChI=1S/C15H24O2.C8H10N2O/c1-14(2,3)11-8-10(17-7)9-12(13(11)16)15(4,5)6;1-6-2-4-7(5-3-6)8(11)10-9/h8-9,16H,1-7H3;2-5H,9H2,1H3,(H,10,11). The molecule has 1 amide bonds. The molecule has 0 aromatic heterocycles. The quantitative estimate of drug-likeness (QED) is 0.400. The molecule has 0 aliphatic heterocycles. The van der Waals surface area contributed by atoms with Gasteiger partial charge in [-0.25, -0.2) is 5.84 Å². The SMILES string of the molecule is COc1cc(C(C)(C)C)c(O)c(C(C)(C)C)c1.Cc1ccc(C(=O)NN)cc1. The normalized spacial score (nSPS) is 11.3. The molecule has 4 N–H and O–H groups in total. The number of nitrogens with two attached hydrogens (primary N) is 1. The summed E-state index contributed by atoms with van der Waals surface area (Å²) in [6, 6.07) is 11.0. The number of nitrogens with one attached hydrogen (secondary N) is 1. The van der Waals surface area contributed by atoms with Crippen molar-refractivity contribution in [3.8, 4) is 11.5 Å². The van der Waals surface area contributed by atoms with E-state index in [4.69, 9.17) is 10.6 Å². The maximum Gasteiger partial charge on any atom is 0.265 e. The number of phenols is 1. The first-order valence-corrected chi connectivity index (χ1v) is 9.30. The first kappa shape index (κ1) is 23.5. The van der Waals surface area contributed by atoms with Gasteiger partial charge in [0.1, 0.15) is 11.5 Å². The van der Waals surface area contributed by atoms with E-state index in [2.05, 4.69) is 47.0 Å². The predicted octanol–water partition coefficient (Wildman–Crippen LogP) is 4.59. The predicted molar refractivity (Wildman–Crippen MR) is 115 cm³/mol. The Morgan fingerprint density at radius 2 is 1.39 bits per heavy atom. The van der Waals surface area contributed by atoms with Gasteiger partial charge in [-0.15, -0.1) is 0 Å². The molecule has 2 aromatic rings. The lowest BCUT2D eigenvalue weighted by Gasteiger charge is -2.27. The molecule has 0 atom stereocenters. The molecule has 0 unspecified atom stereocenters. The molecule has 0 aliphatic rings. The van der Waals surface area contributed by atoms with Crippen LogP contribution in [0.25, 0.3) is 0 Å². The molecule has 0 radical (unpaired) electrons. The Kier molecular flexibility index (Phi) is 7.65. The van der Waals surface area contributed by atoms with Crippen LogP contribution in [0.2, 0.25) is 0 Å². The maximum absolute atomic E-state index is 10.9. The fraction of sp³-hybridized carbons (Fsp3) is 0.435. The van der Waals surface area contributed by atoms with E-state index in [1.165, 1.54) is 0 Å². The van der Waals surface area contributed by atoms with Crippen molar-refractivity contribution in [1.82, 2.24) is 5.43 Å². The summed E-state index contributed by atoms with van der Waals surface area (Å²) in [5.41, 5.74) is 5.43. The summed E-state index contributed by atoms with van der Waals surface area (Å²) in [4.78, 5) is 10.9. The number of rotatable bonds is 2. The summed E-state index contributed by atoms with van der Waals surface area (Å²) in [7, 11) is 1.66. The Labute approximate surface area is 168 Å². The van der Waals surface area contributed by atoms with Crippen molar-refractivity contribution in [2.24, 2.45) is 5.84 Å². The van der Waals surface area contributed by atoms with Crippen LogP contribution in [0.15, 0.2) is 36.4 Å². The number of hydrazine groups is 1. The zero-order chi connectivity index (χ0) is 21.7. The van der Waals surface area contributed by atoms with Crippen LogP contribution in [0.1, 0.15) is 68.6 Å². The molecule has 5 heteroatoms. The monoisotopic (exact) mass is 386 g/mol. The van der Waals surface area contributed by atoms with Crippen LogP contribution >= 0.6 is 0 Å². The maximum atomic E-state index is 10.9. The van der Waals surface area contributed by atoms with E-state index in [9.17, 15) is 9.90 Å². The second kappa shape index (κ2) is 9.11. The minimum absolute atomic E-state index is 0.0986. The van der Waals surface area contributed by atoms with Gasteiger partial charge < -0.3 is 9.84 Å². The molecule has 0 fully saturated rings. The highest BCUT2D eigenvalue weighted by Crippen LogP contribution is 2.41. The minimum atomic E-state index is -0.259. The summed E-state index contributed by atoms with van der Waals surface area (Å²) in [6.45, 7) is 14.5. The van der Waals surface area contributed by atoms with Gasteiger partial charge in [0, 0.05) is 16.7 Å². The number of carbonyl (C=O) groups is 1. The summed E-state index contributed by atoms with van der Waals surface area (Å²) in [6.07, 6.45) is 0. The molecule has 5 nitrogen and oxygen atoms in total. The van der Waals surface area contributed by atoms with Crippen LogP contribution in [-0.4, -0.2) is 18.1 Å². The van der Waals surface area contributed by atoms with Crippen LogP contribution in [0.4, 0.5) is 0 Å². The lowest BCUT2D eigenvalue weighted by atomic mass is 9.79. The Hall–Kier alpha value is -2.53. The molecular formula is C23H34N2O3. The molecule has 0 saturated heterocycles. The third kappa shape index (κ3) is 6.27. The van der Waals surface area contributed by atoms with Crippen molar-refractivity contribution in [3.63, 3.8) is 0 Å². The Morgan fingerprint density at radius 1 is 0.964 bits per heavy atom. The Bertz CT molecular complexity index is 763. The van der Waals surface area contributed by atoms with E-state index in [1.54, 1.807) is 19.2 Å². The highest BCUT2D eigenvalue weighted by Gasteiger charge is 2.26. The highest BCUT2D eigenvalue weighted by molar-refractivity contribution is 5.93. The number of phenolic OH excluding ortho intramolecular Hbond substituents is 1. The number of ether oxygens (including phenoxy) is 1. The number of hydrogen-bond donors (Lipinski definition) is 3. The molecule has 0 spiro atoms.